The van der Waals surface area contributed by atoms with Crippen molar-refractivity contribution >= 4 is 16.0 Å². The highest BCUT2D eigenvalue weighted by Crippen LogP contribution is 2.24. The van der Waals surface area contributed by atoms with Gasteiger partial charge in [-0.1, -0.05) is 6.92 Å². The average Bonchev–Trinajstić information content (AvgIpc) is 2.92. The molecule has 0 aliphatic carbocycles. The molecule has 2 unspecified atom stereocenters. The fraction of sp³-hybridized carbons (Fsp3) is 0.667. The fourth-order valence-electron chi connectivity index (χ4n) is 2.19. The van der Waals surface area contributed by atoms with Gasteiger partial charge in [0, 0.05) is 13.1 Å². The van der Waals surface area contributed by atoms with Gasteiger partial charge in [0.15, 0.2) is 5.03 Å². The summed E-state index contributed by atoms with van der Waals surface area (Å²) in [4.78, 5) is 11.8. The van der Waals surface area contributed by atoms with E-state index in [1.165, 1.54) is 0 Å². The number of carbonyl (C=O) groups excluding carboxylic acids is 1. The number of aromatic amines is 1. The first-order valence-corrected chi connectivity index (χ1v) is 8.20. The van der Waals surface area contributed by atoms with Crippen molar-refractivity contribution in [3.8, 4) is 0 Å². The van der Waals surface area contributed by atoms with E-state index in [0.717, 1.165) is 10.5 Å². The lowest BCUT2D eigenvalue weighted by Gasteiger charge is -2.33. The molecule has 1 aliphatic heterocycles. The van der Waals surface area contributed by atoms with Gasteiger partial charge in [-0.25, -0.2) is 13.2 Å². The molecule has 2 N–H and O–H groups in total. The van der Waals surface area contributed by atoms with Crippen molar-refractivity contribution in [1.82, 2.24) is 14.5 Å². The molecule has 1 aliphatic rings. The number of H-pyrrole nitrogens is 1. The third-order valence-corrected chi connectivity index (χ3v) is 5.42. The van der Waals surface area contributed by atoms with E-state index in [4.69, 9.17) is 4.74 Å². The maximum atomic E-state index is 12.6. The van der Waals surface area contributed by atoms with Crippen LogP contribution in [0.5, 0.6) is 0 Å². The molecule has 1 aromatic heterocycles. The van der Waals surface area contributed by atoms with Crippen molar-refractivity contribution in [2.24, 2.45) is 5.92 Å². The molecule has 9 heteroatoms. The van der Waals surface area contributed by atoms with Gasteiger partial charge in [-0.15, -0.1) is 0 Å². The lowest BCUT2D eigenvalue weighted by atomic mass is 9.98. The molecular formula is C12H19N3O5S. The van der Waals surface area contributed by atoms with Gasteiger partial charge in [-0.3, -0.25) is 5.10 Å². The highest BCUT2D eigenvalue weighted by Gasteiger charge is 2.36. The Labute approximate surface area is 123 Å². The van der Waals surface area contributed by atoms with Crippen molar-refractivity contribution in [2.45, 2.75) is 31.4 Å². The van der Waals surface area contributed by atoms with E-state index in [2.05, 4.69) is 10.2 Å². The molecule has 21 heavy (non-hydrogen) atoms. The highest BCUT2D eigenvalue weighted by atomic mass is 32.2. The van der Waals surface area contributed by atoms with Crippen LogP contribution in [0.15, 0.2) is 11.2 Å². The Morgan fingerprint density at radius 2 is 2.33 bits per heavy atom. The number of carbonyl (C=O) groups is 1. The number of sulfonamides is 1. The number of aliphatic hydroxyl groups is 1. The molecule has 0 amide bonds. The second-order valence-electron chi connectivity index (χ2n) is 5.03. The van der Waals surface area contributed by atoms with Crippen LogP contribution >= 0.6 is 0 Å². The fourth-order valence-corrected chi connectivity index (χ4v) is 3.73. The number of esters is 1. The summed E-state index contributed by atoms with van der Waals surface area (Å²) < 4.78 is 31.1. The van der Waals surface area contributed by atoms with E-state index in [-0.39, 0.29) is 29.7 Å². The second-order valence-corrected chi connectivity index (χ2v) is 6.90. The van der Waals surface area contributed by atoms with Crippen LogP contribution in [0.3, 0.4) is 0 Å². The number of piperidine rings is 1. The van der Waals surface area contributed by atoms with Crippen LogP contribution in [0, 0.1) is 5.92 Å². The van der Waals surface area contributed by atoms with Gasteiger partial charge in [0.2, 0.25) is 0 Å². The molecular weight excluding hydrogens is 298 g/mol. The monoisotopic (exact) mass is 317 g/mol. The summed E-state index contributed by atoms with van der Waals surface area (Å²) in [6.45, 7) is 3.94. The lowest BCUT2D eigenvalue weighted by Crippen LogP contribution is -2.46. The van der Waals surface area contributed by atoms with Crippen LogP contribution < -0.4 is 0 Å². The van der Waals surface area contributed by atoms with Gasteiger partial charge >= 0.3 is 5.97 Å². The Morgan fingerprint density at radius 1 is 1.62 bits per heavy atom. The van der Waals surface area contributed by atoms with E-state index in [9.17, 15) is 18.3 Å². The minimum Gasteiger partial charge on any atom is -0.462 e. The van der Waals surface area contributed by atoms with Crippen molar-refractivity contribution < 1.29 is 23.1 Å². The first-order chi connectivity index (χ1) is 9.87. The molecule has 0 bridgehead atoms. The number of nitrogens with one attached hydrogen (secondary N) is 1. The standard InChI is InChI=1S/C12H19N3O5S/c1-3-20-12(17)9-6-13-14-11(9)21(18,19)15-5-4-8(2)10(16)7-15/h6,8,10,16H,3-5,7H2,1-2H3,(H,13,14). The molecule has 1 fully saturated rings. The second kappa shape index (κ2) is 6.12. The maximum absolute atomic E-state index is 12.6. The molecule has 0 spiro atoms. The van der Waals surface area contributed by atoms with E-state index >= 15 is 0 Å². The number of ether oxygens (including phenoxy) is 1. The molecule has 8 nitrogen and oxygen atoms in total. The van der Waals surface area contributed by atoms with Crippen LogP contribution in [0.1, 0.15) is 30.6 Å². The van der Waals surface area contributed by atoms with Gasteiger partial charge < -0.3 is 9.84 Å². The topological polar surface area (TPSA) is 113 Å². The summed E-state index contributed by atoms with van der Waals surface area (Å²) >= 11 is 0. The summed E-state index contributed by atoms with van der Waals surface area (Å²) in [7, 11) is -3.91. The van der Waals surface area contributed by atoms with Gasteiger partial charge in [0.05, 0.1) is 18.9 Å². The predicted octanol–water partition coefficient (Wildman–Crippen LogP) is -0.0222. The maximum Gasteiger partial charge on any atom is 0.342 e. The molecule has 2 heterocycles. The van der Waals surface area contributed by atoms with Crippen LogP contribution in [-0.4, -0.2) is 59.8 Å². The molecule has 2 rings (SSSR count). The van der Waals surface area contributed by atoms with Gasteiger partial charge in [-0.05, 0) is 19.3 Å². The molecule has 0 saturated carbocycles. The number of aliphatic hydroxyl groups excluding tert-OH is 1. The predicted molar refractivity (Wildman–Crippen MR) is 73.1 cm³/mol. The van der Waals surface area contributed by atoms with Crippen molar-refractivity contribution in [1.29, 1.82) is 0 Å². The van der Waals surface area contributed by atoms with E-state index in [1.54, 1.807) is 6.92 Å². The van der Waals surface area contributed by atoms with Crippen molar-refractivity contribution in [2.75, 3.05) is 19.7 Å². The van der Waals surface area contributed by atoms with Crippen LogP contribution in [0.2, 0.25) is 0 Å². The van der Waals surface area contributed by atoms with E-state index in [0.29, 0.717) is 13.0 Å². The molecule has 0 radical (unpaired) electrons. The largest absolute Gasteiger partial charge is 0.462 e. The van der Waals surface area contributed by atoms with Crippen LogP contribution in [-0.2, 0) is 14.8 Å². The van der Waals surface area contributed by atoms with Gasteiger partial charge in [0.1, 0.15) is 5.56 Å². The average molecular weight is 317 g/mol. The Balaban J connectivity index is 2.29. The number of hydrogen-bond acceptors (Lipinski definition) is 6. The van der Waals surface area contributed by atoms with Gasteiger partial charge in [-0.2, -0.15) is 9.40 Å². The first kappa shape index (κ1) is 15.9. The minimum absolute atomic E-state index is 0.00475. The van der Waals surface area contributed by atoms with E-state index in [1.807, 2.05) is 6.92 Å². The smallest absolute Gasteiger partial charge is 0.342 e. The van der Waals surface area contributed by atoms with Gasteiger partial charge in [0.25, 0.3) is 10.0 Å². The van der Waals surface area contributed by atoms with Crippen LogP contribution in [0.4, 0.5) is 0 Å². The Hall–Kier alpha value is -1.45. The number of rotatable bonds is 4. The summed E-state index contributed by atoms with van der Waals surface area (Å²) in [5, 5.41) is 15.5. The van der Waals surface area contributed by atoms with Crippen molar-refractivity contribution in [3.05, 3.63) is 11.8 Å². The number of nitrogens with zero attached hydrogens (tertiary/aromatic N) is 2. The Morgan fingerprint density at radius 3 is 2.95 bits per heavy atom. The zero-order valence-corrected chi connectivity index (χ0v) is 12.8. The molecule has 1 aromatic rings. The summed E-state index contributed by atoms with van der Waals surface area (Å²) in [6.07, 6.45) is 0.972. The quantitative estimate of drug-likeness (QED) is 0.755. The summed E-state index contributed by atoms with van der Waals surface area (Å²) in [6, 6.07) is 0. The summed E-state index contributed by atoms with van der Waals surface area (Å²) in [5.74, 6) is -0.696. The molecule has 118 valence electrons. The number of β-amino-alcohol motifs (C(OH)–C–C–N with tert-alkyl or cyclic N) is 1. The number of hydrogen-bond donors (Lipinski definition) is 2. The molecule has 2 atom stereocenters. The normalized spacial score (nSPS) is 24.0. The van der Waals surface area contributed by atoms with Crippen LogP contribution in [0.25, 0.3) is 0 Å². The third-order valence-electron chi connectivity index (χ3n) is 3.58. The van der Waals surface area contributed by atoms with Crippen molar-refractivity contribution in [3.63, 3.8) is 0 Å². The minimum atomic E-state index is -3.91. The first-order valence-electron chi connectivity index (χ1n) is 6.76. The zero-order valence-electron chi connectivity index (χ0n) is 11.9. The third kappa shape index (κ3) is 3.09. The highest BCUT2D eigenvalue weighted by molar-refractivity contribution is 7.89. The van der Waals surface area contributed by atoms with E-state index < -0.39 is 22.1 Å². The molecule has 1 saturated heterocycles. The summed E-state index contributed by atoms with van der Waals surface area (Å²) in [5.41, 5.74) is -0.120. The zero-order chi connectivity index (χ0) is 15.6. The lowest BCUT2D eigenvalue weighted by molar-refractivity contribution is 0.0520. The Kier molecular flexibility index (Phi) is 4.64. The molecule has 0 aromatic carbocycles. The number of aromatic nitrogens is 2. The SMILES string of the molecule is CCOC(=O)c1cn[nH]c1S(=O)(=O)N1CCC(C)C(O)C1. The Bertz CT molecular complexity index is 612.